The Morgan fingerprint density at radius 3 is 1.34 bits per heavy atom. The SMILES string of the molecule is CC/C=C/C=C/C=C/CCCCCCCCCC(=O)OC(/C=C/CCCCCCCCCCCCC)C(COP(=O)([O-])OCC[N+](C)(C)C)NC(=O)CCCCCCCCCCCCCCCCCCC. The van der Waals surface area contributed by atoms with E-state index in [1.54, 1.807) is 0 Å². The summed E-state index contributed by atoms with van der Waals surface area (Å²) in [4.78, 5) is 39.9. The molecule has 0 bridgehead atoms. The number of ether oxygens (including phenoxy) is 1. The first-order valence-electron chi connectivity index (χ1n) is 30.0. The number of esters is 1. The first-order valence-corrected chi connectivity index (χ1v) is 31.4. The normalized spacial score (nSPS) is 14.1. The number of carbonyl (C=O) groups is 2. The number of rotatable bonds is 54. The highest BCUT2D eigenvalue weighted by atomic mass is 31.2. The van der Waals surface area contributed by atoms with Crippen LogP contribution in [0.2, 0.25) is 0 Å². The van der Waals surface area contributed by atoms with E-state index in [0.717, 1.165) is 77.0 Å². The number of phosphoric acid groups is 1. The standard InChI is InChI=1S/C61H115N2O7P/c1-7-10-13-16-19-22-25-28-30-31-33-35-38-41-44-47-50-53-60(64)62-58(57-69-71(66,67)68-56-55-63(4,5)6)59(52-49-46-43-40-37-34-27-24-21-18-15-12-9-3)70-61(65)54-51-48-45-42-39-36-32-29-26-23-20-17-14-11-8-2/h11,14,17,20,23,26,49,52,58-59H,7-10,12-13,15-16,18-19,21-22,24-25,27-48,50-51,53-57H2,1-6H3,(H-,62,64,66,67)/b14-11+,20-17+,26-23+,52-49+. The van der Waals surface area contributed by atoms with Crippen molar-refractivity contribution in [2.45, 2.75) is 290 Å². The molecule has 0 heterocycles. The van der Waals surface area contributed by atoms with E-state index < -0.39 is 20.0 Å². The van der Waals surface area contributed by atoms with Crippen molar-refractivity contribution in [1.29, 1.82) is 0 Å². The van der Waals surface area contributed by atoms with Crippen LogP contribution in [0.15, 0.2) is 48.6 Å². The van der Waals surface area contributed by atoms with Gasteiger partial charge in [0.1, 0.15) is 19.3 Å². The monoisotopic (exact) mass is 1020 g/mol. The van der Waals surface area contributed by atoms with E-state index in [9.17, 15) is 19.0 Å². The molecule has 1 amide bonds. The van der Waals surface area contributed by atoms with E-state index in [0.29, 0.717) is 17.4 Å². The molecule has 3 unspecified atom stereocenters. The molecule has 3 atom stereocenters. The fourth-order valence-corrected chi connectivity index (χ4v) is 9.42. The van der Waals surface area contributed by atoms with E-state index in [2.05, 4.69) is 62.5 Å². The average Bonchev–Trinajstić information content (AvgIpc) is 3.33. The molecule has 0 rings (SSSR count). The maximum Gasteiger partial charge on any atom is 0.306 e. The molecule has 0 radical (unpaired) electrons. The van der Waals surface area contributed by atoms with Gasteiger partial charge in [0, 0.05) is 12.8 Å². The van der Waals surface area contributed by atoms with Crippen molar-refractivity contribution >= 4 is 19.7 Å². The average molecular weight is 1020 g/mol. The Bertz CT molecular complexity index is 1360. The molecule has 71 heavy (non-hydrogen) atoms. The number of nitrogens with zero attached hydrogens (tertiary/aromatic N) is 1. The Kier molecular flexibility index (Phi) is 50.0. The minimum absolute atomic E-state index is 0.0233. The first-order chi connectivity index (χ1) is 34.4. The predicted molar refractivity (Wildman–Crippen MR) is 302 cm³/mol. The molecule has 0 saturated carbocycles. The largest absolute Gasteiger partial charge is 0.756 e. The Hall–Kier alpha value is -2.03. The number of nitrogens with one attached hydrogen (secondary N) is 1. The van der Waals surface area contributed by atoms with Crippen molar-refractivity contribution in [2.24, 2.45) is 0 Å². The molecule has 9 nitrogen and oxygen atoms in total. The Balaban J connectivity index is 5.32. The van der Waals surface area contributed by atoms with Crippen LogP contribution in [0.1, 0.15) is 278 Å². The van der Waals surface area contributed by atoms with Crippen LogP contribution in [0, 0.1) is 0 Å². The molecular formula is C61H115N2O7P. The molecule has 0 aromatic rings. The van der Waals surface area contributed by atoms with Crippen molar-refractivity contribution in [3.63, 3.8) is 0 Å². The van der Waals surface area contributed by atoms with Gasteiger partial charge in [-0.1, -0.05) is 262 Å². The summed E-state index contributed by atoms with van der Waals surface area (Å²) in [6.45, 7) is 6.73. The molecule has 0 saturated heterocycles. The van der Waals surface area contributed by atoms with Crippen LogP contribution in [0.5, 0.6) is 0 Å². The van der Waals surface area contributed by atoms with Crippen molar-refractivity contribution in [3.8, 4) is 0 Å². The molecule has 416 valence electrons. The lowest BCUT2D eigenvalue weighted by Gasteiger charge is -2.30. The molecule has 0 aliphatic carbocycles. The number of allylic oxidation sites excluding steroid dienone is 7. The number of amides is 1. The number of phosphoric ester groups is 1. The van der Waals surface area contributed by atoms with Gasteiger partial charge in [0.05, 0.1) is 33.8 Å². The first kappa shape index (κ1) is 69.0. The molecule has 0 spiro atoms. The lowest BCUT2D eigenvalue weighted by atomic mass is 10.0. The van der Waals surface area contributed by atoms with Gasteiger partial charge in [-0.15, -0.1) is 0 Å². The van der Waals surface area contributed by atoms with Crippen LogP contribution in [0.3, 0.4) is 0 Å². The highest BCUT2D eigenvalue weighted by Crippen LogP contribution is 2.38. The van der Waals surface area contributed by atoms with Crippen molar-refractivity contribution in [1.82, 2.24) is 5.32 Å². The van der Waals surface area contributed by atoms with Gasteiger partial charge in [-0.3, -0.25) is 14.2 Å². The number of likely N-dealkylation sites (N-methyl/N-ethyl adjacent to an activating group) is 1. The number of hydrogen-bond acceptors (Lipinski definition) is 7. The highest BCUT2D eigenvalue weighted by molar-refractivity contribution is 7.45. The zero-order chi connectivity index (χ0) is 52.2. The Morgan fingerprint density at radius 2 is 0.901 bits per heavy atom. The zero-order valence-electron chi connectivity index (χ0n) is 47.4. The molecule has 10 heteroatoms. The second-order valence-electron chi connectivity index (χ2n) is 21.5. The maximum atomic E-state index is 13.5. The van der Waals surface area contributed by atoms with Gasteiger partial charge in [-0.25, -0.2) is 0 Å². The fraction of sp³-hybridized carbons (Fsp3) is 0.836. The summed E-state index contributed by atoms with van der Waals surface area (Å²) in [5, 5.41) is 3.03. The van der Waals surface area contributed by atoms with Crippen LogP contribution in [-0.4, -0.2) is 69.4 Å². The maximum absolute atomic E-state index is 13.5. The fourth-order valence-electron chi connectivity index (χ4n) is 8.70. The lowest BCUT2D eigenvalue weighted by Crippen LogP contribution is -2.47. The zero-order valence-corrected chi connectivity index (χ0v) is 48.3. The summed E-state index contributed by atoms with van der Waals surface area (Å²) in [6.07, 6.45) is 62.1. The van der Waals surface area contributed by atoms with Crippen LogP contribution in [0.4, 0.5) is 0 Å². The molecule has 1 N–H and O–H groups in total. The summed E-state index contributed by atoms with van der Waals surface area (Å²) in [6, 6.07) is -0.890. The van der Waals surface area contributed by atoms with Crippen LogP contribution in [-0.2, 0) is 27.9 Å². The van der Waals surface area contributed by atoms with Gasteiger partial charge in [0.25, 0.3) is 7.82 Å². The van der Waals surface area contributed by atoms with E-state index in [-0.39, 0.29) is 31.5 Å². The Morgan fingerprint density at radius 1 is 0.507 bits per heavy atom. The quantitative estimate of drug-likeness (QED) is 0.0161. The van der Waals surface area contributed by atoms with E-state index in [1.165, 1.54) is 167 Å². The minimum Gasteiger partial charge on any atom is -0.756 e. The second-order valence-corrected chi connectivity index (χ2v) is 23.0. The predicted octanol–water partition coefficient (Wildman–Crippen LogP) is 17.5. The van der Waals surface area contributed by atoms with E-state index in [1.807, 2.05) is 33.3 Å². The lowest BCUT2D eigenvalue weighted by molar-refractivity contribution is -0.870. The molecular weight excluding hydrogens is 904 g/mol. The molecule has 0 aliphatic rings. The third kappa shape index (κ3) is 52.6. The van der Waals surface area contributed by atoms with Crippen LogP contribution >= 0.6 is 7.82 Å². The summed E-state index contributed by atoms with van der Waals surface area (Å²) < 4.78 is 30.3. The Labute approximate surface area is 439 Å². The third-order valence-corrected chi connectivity index (χ3v) is 14.3. The number of carbonyl (C=O) groups excluding carboxylic acids is 2. The van der Waals surface area contributed by atoms with Gasteiger partial charge in [-0.05, 0) is 51.0 Å². The summed E-state index contributed by atoms with van der Waals surface area (Å²) >= 11 is 0. The van der Waals surface area contributed by atoms with Crippen molar-refractivity contribution in [2.75, 3.05) is 40.9 Å². The molecule has 0 aromatic heterocycles. The van der Waals surface area contributed by atoms with Crippen LogP contribution in [0.25, 0.3) is 0 Å². The summed E-state index contributed by atoms with van der Waals surface area (Å²) in [7, 11) is 1.18. The molecule has 0 aromatic carbocycles. The highest BCUT2D eigenvalue weighted by Gasteiger charge is 2.27. The topological polar surface area (TPSA) is 114 Å². The van der Waals surface area contributed by atoms with Gasteiger partial charge >= 0.3 is 5.97 Å². The van der Waals surface area contributed by atoms with Crippen molar-refractivity contribution in [3.05, 3.63) is 48.6 Å². The summed E-state index contributed by atoms with van der Waals surface area (Å²) in [5.41, 5.74) is 0. The smallest absolute Gasteiger partial charge is 0.306 e. The molecule has 0 aliphatic heterocycles. The van der Waals surface area contributed by atoms with Crippen LogP contribution < -0.4 is 10.2 Å². The van der Waals surface area contributed by atoms with Gasteiger partial charge in [0.2, 0.25) is 5.91 Å². The molecule has 0 fully saturated rings. The van der Waals surface area contributed by atoms with Gasteiger partial charge in [-0.2, -0.15) is 0 Å². The van der Waals surface area contributed by atoms with Gasteiger partial charge < -0.3 is 28.5 Å². The number of quaternary nitrogens is 1. The van der Waals surface area contributed by atoms with E-state index in [4.69, 9.17) is 13.8 Å². The number of hydrogen-bond donors (Lipinski definition) is 1. The van der Waals surface area contributed by atoms with Crippen molar-refractivity contribution < 1.29 is 37.3 Å². The third-order valence-electron chi connectivity index (χ3n) is 13.3. The number of unbranched alkanes of at least 4 members (excludes halogenated alkanes) is 34. The second kappa shape index (κ2) is 51.5. The summed E-state index contributed by atoms with van der Waals surface area (Å²) in [5.74, 6) is -0.545. The minimum atomic E-state index is -4.70. The van der Waals surface area contributed by atoms with E-state index >= 15 is 0 Å². The van der Waals surface area contributed by atoms with Gasteiger partial charge in [0.15, 0.2) is 0 Å².